The quantitative estimate of drug-likeness (QED) is 0.377. The number of nitrogens with zero attached hydrogens (tertiary/aromatic N) is 1. The lowest BCUT2D eigenvalue weighted by atomic mass is 10.1. The Balaban J connectivity index is 2.06. The lowest BCUT2D eigenvalue weighted by molar-refractivity contribution is 0.0657. The van der Waals surface area contributed by atoms with E-state index in [2.05, 4.69) is 15.9 Å². The molecule has 0 aromatic heterocycles. The highest BCUT2D eigenvalue weighted by molar-refractivity contribution is 9.09. The number of carbonyl (C=O) groups excluding carboxylic acids is 2. The molecule has 1 atom stereocenters. The van der Waals surface area contributed by atoms with Crippen molar-refractivity contribution >= 4 is 44.7 Å². The summed E-state index contributed by atoms with van der Waals surface area (Å²) in [6.45, 7) is 0.270. The number of fused-ring (bicyclic) bond motifs is 1. The van der Waals surface area contributed by atoms with Crippen molar-refractivity contribution in [2.24, 2.45) is 5.73 Å². The summed E-state index contributed by atoms with van der Waals surface area (Å²) in [7, 11) is 0. The Kier molecular flexibility index (Phi) is 4.26. The second-order valence-electron chi connectivity index (χ2n) is 4.04. The number of nitrogens with one attached hydrogen (secondary N) is 1. The number of amides is 2. The fourth-order valence-electron chi connectivity index (χ4n) is 1.84. The van der Waals surface area contributed by atoms with Gasteiger partial charge in [-0.15, -0.1) is 0 Å². The van der Waals surface area contributed by atoms with Crippen LogP contribution in [0.5, 0.6) is 0 Å². The minimum atomic E-state index is -0.266. The predicted octanol–water partition coefficient (Wildman–Crippen LogP) is 1.67. The maximum atomic E-state index is 12.1. The number of benzene rings is 1. The third-order valence-electron chi connectivity index (χ3n) is 2.68. The Bertz CT molecular complexity index is 515. The molecule has 2 rings (SSSR count). The van der Waals surface area contributed by atoms with E-state index < -0.39 is 0 Å². The first kappa shape index (κ1) is 14.1. The highest BCUT2D eigenvalue weighted by Gasteiger charge is 2.35. The molecule has 3 N–H and O–H groups in total. The molecule has 1 unspecified atom stereocenters. The molecular formula is C12H12BrN3O2S. The van der Waals surface area contributed by atoms with Crippen LogP contribution in [0.2, 0.25) is 0 Å². The molecule has 0 aliphatic carbocycles. The van der Waals surface area contributed by atoms with Crippen LogP contribution < -0.4 is 5.73 Å². The summed E-state index contributed by atoms with van der Waals surface area (Å²) in [5.74, 6) is -0.00122. The van der Waals surface area contributed by atoms with Crippen LogP contribution in [0, 0.1) is 5.41 Å². The molecule has 0 saturated carbocycles. The van der Waals surface area contributed by atoms with Crippen LogP contribution in [-0.4, -0.2) is 39.0 Å². The molecule has 2 amide bonds. The summed E-state index contributed by atoms with van der Waals surface area (Å²) in [5, 5.41) is 7.15. The summed E-state index contributed by atoms with van der Waals surface area (Å²) in [5.41, 5.74) is 6.15. The first-order chi connectivity index (χ1) is 9.00. The maximum absolute atomic E-state index is 12.1. The number of halogens is 1. The summed E-state index contributed by atoms with van der Waals surface area (Å²) in [4.78, 5) is 25.3. The van der Waals surface area contributed by atoms with E-state index >= 15 is 0 Å². The van der Waals surface area contributed by atoms with E-state index in [1.165, 1.54) is 16.7 Å². The summed E-state index contributed by atoms with van der Waals surface area (Å²) >= 11 is 4.57. The van der Waals surface area contributed by atoms with Gasteiger partial charge < -0.3 is 5.73 Å². The minimum Gasteiger partial charge on any atom is -0.379 e. The van der Waals surface area contributed by atoms with Crippen LogP contribution in [0.3, 0.4) is 0 Å². The molecule has 1 aromatic carbocycles. The highest BCUT2D eigenvalue weighted by Crippen LogP contribution is 2.24. The van der Waals surface area contributed by atoms with Crippen molar-refractivity contribution in [1.29, 1.82) is 5.41 Å². The van der Waals surface area contributed by atoms with Gasteiger partial charge in [0.2, 0.25) is 0 Å². The molecule has 7 heteroatoms. The van der Waals surface area contributed by atoms with E-state index in [0.717, 1.165) is 0 Å². The largest absolute Gasteiger partial charge is 0.379 e. The van der Waals surface area contributed by atoms with Crippen molar-refractivity contribution in [3.63, 3.8) is 0 Å². The average Bonchev–Trinajstić information content (AvgIpc) is 2.62. The van der Waals surface area contributed by atoms with Gasteiger partial charge in [0.1, 0.15) is 0 Å². The van der Waals surface area contributed by atoms with Gasteiger partial charge in [0, 0.05) is 17.1 Å². The second-order valence-corrected chi connectivity index (χ2v) is 6.40. The van der Waals surface area contributed by atoms with Crippen LogP contribution >= 0.6 is 27.7 Å². The van der Waals surface area contributed by atoms with E-state index in [0.29, 0.717) is 16.9 Å². The first-order valence-electron chi connectivity index (χ1n) is 5.57. The Hall–Kier alpha value is -1.34. The monoisotopic (exact) mass is 341 g/mol. The van der Waals surface area contributed by atoms with Gasteiger partial charge in [0.05, 0.1) is 11.1 Å². The van der Waals surface area contributed by atoms with Gasteiger partial charge >= 0.3 is 0 Å². The lowest BCUT2D eigenvalue weighted by Gasteiger charge is -2.17. The molecule has 1 aromatic rings. The van der Waals surface area contributed by atoms with Gasteiger partial charge in [0.15, 0.2) is 5.17 Å². The Morgan fingerprint density at radius 1 is 1.32 bits per heavy atom. The van der Waals surface area contributed by atoms with Crippen LogP contribution in [0.15, 0.2) is 24.3 Å². The Morgan fingerprint density at radius 2 is 1.84 bits per heavy atom. The zero-order valence-electron chi connectivity index (χ0n) is 9.93. The zero-order valence-corrected chi connectivity index (χ0v) is 12.3. The molecule has 5 nitrogen and oxygen atoms in total. The number of nitrogens with two attached hydrogens (primary N) is 1. The molecule has 100 valence electrons. The third-order valence-corrected chi connectivity index (χ3v) is 4.60. The Morgan fingerprint density at radius 3 is 2.32 bits per heavy atom. The van der Waals surface area contributed by atoms with Crippen molar-refractivity contribution in [2.75, 3.05) is 12.3 Å². The van der Waals surface area contributed by atoms with Gasteiger partial charge in [-0.05, 0) is 12.1 Å². The number of amidine groups is 1. The Labute approximate surface area is 123 Å². The second kappa shape index (κ2) is 5.75. The topological polar surface area (TPSA) is 87.2 Å². The standard InChI is InChI=1S/C12H12BrN3O2S/c13-7(6-19-12(14)15)5-16-10(17)8-3-1-2-4-9(8)11(16)18/h1-4,7H,5-6H2,(H3,14,15). The fraction of sp³-hybridized carbons (Fsp3) is 0.250. The van der Waals surface area contributed by atoms with E-state index in [4.69, 9.17) is 11.1 Å². The summed E-state index contributed by atoms with van der Waals surface area (Å²) < 4.78 is 0. The molecule has 0 spiro atoms. The van der Waals surface area contributed by atoms with Crippen LogP contribution in [-0.2, 0) is 0 Å². The van der Waals surface area contributed by atoms with E-state index in [1.807, 2.05) is 0 Å². The average molecular weight is 342 g/mol. The number of rotatable bonds is 4. The van der Waals surface area contributed by atoms with Crippen LogP contribution in [0.1, 0.15) is 20.7 Å². The number of carbonyl (C=O) groups is 2. The molecular weight excluding hydrogens is 330 g/mol. The lowest BCUT2D eigenvalue weighted by Crippen LogP contribution is -2.35. The predicted molar refractivity (Wildman–Crippen MR) is 78.9 cm³/mol. The van der Waals surface area contributed by atoms with Crippen molar-refractivity contribution in [2.45, 2.75) is 4.83 Å². The smallest absolute Gasteiger partial charge is 0.261 e. The molecule has 0 bridgehead atoms. The van der Waals surface area contributed by atoms with Gasteiger partial charge in [-0.3, -0.25) is 19.9 Å². The van der Waals surface area contributed by atoms with Crippen LogP contribution in [0.4, 0.5) is 0 Å². The van der Waals surface area contributed by atoms with E-state index in [-0.39, 0.29) is 28.4 Å². The van der Waals surface area contributed by atoms with Crippen molar-refractivity contribution in [3.05, 3.63) is 35.4 Å². The number of alkyl halides is 1. The third kappa shape index (κ3) is 2.98. The summed E-state index contributed by atoms with van der Waals surface area (Å²) in [6, 6.07) is 6.79. The molecule has 0 fully saturated rings. The van der Waals surface area contributed by atoms with E-state index in [1.54, 1.807) is 24.3 Å². The van der Waals surface area contributed by atoms with Crippen LogP contribution in [0.25, 0.3) is 0 Å². The number of hydrogen-bond donors (Lipinski definition) is 2. The SMILES string of the molecule is N=C(N)SCC(Br)CN1C(=O)c2ccccc2C1=O. The van der Waals surface area contributed by atoms with Gasteiger partial charge in [-0.25, -0.2) is 0 Å². The molecule has 0 radical (unpaired) electrons. The molecule has 0 saturated heterocycles. The fourth-order valence-corrected chi connectivity index (χ4v) is 2.99. The van der Waals surface area contributed by atoms with Crippen molar-refractivity contribution in [1.82, 2.24) is 4.90 Å². The minimum absolute atomic E-state index is 0.0202. The molecule has 1 aliphatic heterocycles. The van der Waals surface area contributed by atoms with Gasteiger partial charge in [-0.1, -0.05) is 39.8 Å². The number of thioether (sulfide) groups is 1. The number of imide groups is 1. The highest BCUT2D eigenvalue weighted by atomic mass is 79.9. The maximum Gasteiger partial charge on any atom is 0.261 e. The van der Waals surface area contributed by atoms with E-state index in [9.17, 15) is 9.59 Å². The molecule has 19 heavy (non-hydrogen) atoms. The normalized spacial score (nSPS) is 15.5. The number of hydrogen-bond acceptors (Lipinski definition) is 4. The molecule has 1 heterocycles. The van der Waals surface area contributed by atoms with Gasteiger partial charge in [-0.2, -0.15) is 0 Å². The van der Waals surface area contributed by atoms with Crippen molar-refractivity contribution in [3.8, 4) is 0 Å². The van der Waals surface area contributed by atoms with Gasteiger partial charge in [0.25, 0.3) is 11.8 Å². The van der Waals surface area contributed by atoms with Crippen molar-refractivity contribution < 1.29 is 9.59 Å². The molecule has 1 aliphatic rings. The first-order valence-corrected chi connectivity index (χ1v) is 7.47. The zero-order chi connectivity index (χ0) is 14.0. The summed E-state index contributed by atoms with van der Waals surface area (Å²) in [6.07, 6.45) is 0.